The number of rotatable bonds is 9. The summed E-state index contributed by atoms with van der Waals surface area (Å²) in [6.45, 7) is 0.127. The maximum atomic E-state index is 12.7. The van der Waals surface area contributed by atoms with E-state index in [0.29, 0.717) is 5.76 Å². The van der Waals surface area contributed by atoms with Crippen LogP contribution in [0.4, 0.5) is 4.79 Å². The molecule has 0 radical (unpaired) electrons. The van der Waals surface area contributed by atoms with E-state index in [-0.39, 0.29) is 31.4 Å². The Hall–Kier alpha value is -4.11. The lowest BCUT2D eigenvalue weighted by Crippen LogP contribution is -2.44. The first-order chi connectivity index (χ1) is 16.9. The minimum absolute atomic E-state index is 0.0525. The topological polar surface area (TPSA) is 118 Å². The lowest BCUT2D eigenvalue weighted by atomic mass is 9.98. The Labute approximate surface area is 202 Å². The number of ether oxygens (including phenoxy) is 2. The van der Waals surface area contributed by atoms with Gasteiger partial charge in [-0.15, -0.1) is 0 Å². The molecule has 0 spiro atoms. The van der Waals surface area contributed by atoms with Gasteiger partial charge in [0.15, 0.2) is 6.10 Å². The molecule has 1 aliphatic carbocycles. The highest BCUT2D eigenvalue weighted by Gasteiger charge is 2.29. The fraction of sp³-hybridized carbons (Fsp3) is 0.269. The van der Waals surface area contributed by atoms with Crippen molar-refractivity contribution in [3.8, 4) is 11.1 Å². The molecule has 1 aromatic heterocycles. The fourth-order valence-corrected chi connectivity index (χ4v) is 4.23. The van der Waals surface area contributed by atoms with Crippen molar-refractivity contribution in [3.63, 3.8) is 0 Å². The Balaban J connectivity index is 1.30. The molecule has 35 heavy (non-hydrogen) atoms. The molecule has 0 bridgehead atoms. The number of hydrogen-bond acceptors (Lipinski definition) is 6. The van der Waals surface area contributed by atoms with Gasteiger partial charge < -0.3 is 29.2 Å². The molecular formula is C26H26N2O7. The third-order valence-electron chi connectivity index (χ3n) is 5.98. The van der Waals surface area contributed by atoms with Crippen LogP contribution in [-0.4, -0.2) is 61.4 Å². The van der Waals surface area contributed by atoms with Crippen molar-refractivity contribution in [2.45, 2.75) is 18.6 Å². The molecule has 0 aliphatic heterocycles. The van der Waals surface area contributed by atoms with E-state index in [1.807, 2.05) is 36.4 Å². The molecule has 9 heteroatoms. The van der Waals surface area contributed by atoms with Gasteiger partial charge >= 0.3 is 12.1 Å². The smallest absolute Gasteiger partial charge is 0.407 e. The molecule has 1 atom stereocenters. The van der Waals surface area contributed by atoms with E-state index < -0.39 is 24.1 Å². The van der Waals surface area contributed by atoms with Crippen LogP contribution in [0.1, 0.15) is 33.4 Å². The number of nitrogens with zero attached hydrogens (tertiary/aromatic N) is 1. The summed E-state index contributed by atoms with van der Waals surface area (Å²) in [5.41, 5.74) is 4.49. The highest BCUT2D eigenvalue weighted by atomic mass is 16.5. The van der Waals surface area contributed by atoms with E-state index in [2.05, 4.69) is 17.4 Å². The molecule has 3 aromatic rings. The minimum Gasteiger partial charge on any atom is -0.475 e. The summed E-state index contributed by atoms with van der Waals surface area (Å²) in [6, 6.07) is 18.9. The highest BCUT2D eigenvalue weighted by Crippen LogP contribution is 2.44. The number of carbonyl (C=O) groups is 3. The van der Waals surface area contributed by atoms with Crippen LogP contribution >= 0.6 is 0 Å². The molecule has 1 aliphatic rings. The van der Waals surface area contributed by atoms with Gasteiger partial charge in [-0.3, -0.25) is 4.79 Å². The third kappa shape index (κ3) is 5.20. The van der Waals surface area contributed by atoms with Gasteiger partial charge in [0.1, 0.15) is 12.4 Å². The van der Waals surface area contributed by atoms with Crippen molar-refractivity contribution in [2.75, 3.05) is 27.3 Å². The lowest BCUT2D eigenvalue weighted by Gasteiger charge is -2.22. The number of carboxylic acids is 1. The second kappa shape index (κ2) is 10.4. The number of alkyl carbamates (subject to hydrolysis) is 1. The quantitative estimate of drug-likeness (QED) is 0.483. The first-order valence-electron chi connectivity index (χ1n) is 11.1. The number of nitrogens with one attached hydrogen (secondary N) is 1. The van der Waals surface area contributed by atoms with Crippen molar-refractivity contribution in [3.05, 3.63) is 83.3 Å². The van der Waals surface area contributed by atoms with Crippen LogP contribution in [0.2, 0.25) is 0 Å². The van der Waals surface area contributed by atoms with Gasteiger partial charge in [-0.05, 0) is 34.4 Å². The van der Waals surface area contributed by atoms with Gasteiger partial charge in [0.25, 0.3) is 5.91 Å². The van der Waals surface area contributed by atoms with Gasteiger partial charge in [-0.2, -0.15) is 0 Å². The summed E-state index contributed by atoms with van der Waals surface area (Å²) in [5.74, 6) is -1.55. The molecule has 0 fully saturated rings. The van der Waals surface area contributed by atoms with Crippen LogP contribution in [0.3, 0.4) is 0 Å². The number of carboxylic acid groups (broad SMARTS) is 1. The average molecular weight is 479 g/mol. The molecule has 1 heterocycles. The Morgan fingerprint density at radius 2 is 1.66 bits per heavy atom. The van der Waals surface area contributed by atoms with Crippen LogP contribution in [0.5, 0.6) is 0 Å². The van der Waals surface area contributed by atoms with Crippen LogP contribution in [-0.2, 0) is 20.8 Å². The van der Waals surface area contributed by atoms with Crippen molar-refractivity contribution >= 4 is 18.0 Å². The molecule has 2 amide bonds. The van der Waals surface area contributed by atoms with E-state index >= 15 is 0 Å². The molecule has 2 aromatic carbocycles. The average Bonchev–Trinajstić information content (AvgIpc) is 3.46. The van der Waals surface area contributed by atoms with Gasteiger partial charge in [0, 0.05) is 20.1 Å². The van der Waals surface area contributed by atoms with Gasteiger partial charge in [0.05, 0.1) is 13.1 Å². The highest BCUT2D eigenvalue weighted by molar-refractivity contribution is 5.84. The molecule has 182 valence electrons. The van der Waals surface area contributed by atoms with Crippen LogP contribution in [0.15, 0.2) is 65.1 Å². The molecule has 0 saturated carbocycles. The van der Waals surface area contributed by atoms with Gasteiger partial charge in [-0.25, -0.2) is 9.59 Å². The first-order valence-corrected chi connectivity index (χ1v) is 11.1. The van der Waals surface area contributed by atoms with Crippen LogP contribution < -0.4 is 5.32 Å². The predicted octanol–water partition coefficient (Wildman–Crippen LogP) is 3.49. The number of benzene rings is 2. The number of aromatic carboxylic acids is 1. The summed E-state index contributed by atoms with van der Waals surface area (Å²) in [5, 5.41) is 11.5. The zero-order valence-electron chi connectivity index (χ0n) is 19.4. The fourth-order valence-electron chi connectivity index (χ4n) is 4.23. The predicted molar refractivity (Wildman–Crippen MR) is 126 cm³/mol. The summed E-state index contributed by atoms with van der Waals surface area (Å²) < 4.78 is 15.9. The number of furan rings is 1. The molecule has 9 nitrogen and oxygen atoms in total. The second-order valence-electron chi connectivity index (χ2n) is 8.20. The van der Waals surface area contributed by atoms with Crippen molar-refractivity contribution in [2.24, 2.45) is 0 Å². The van der Waals surface area contributed by atoms with Crippen molar-refractivity contribution < 1.29 is 33.4 Å². The van der Waals surface area contributed by atoms with E-state index in [1.165, 1.54) is 31.2 Å². The van der Waals surface area contributed by atoms with Crippen LogP contribution in [0.25, 0.3) is 11.1 Å². The third-order valence-corrected chi connectivity index (χ3v) is 5.98. The Morgan fingerprint density at radius 3 is 2.23 bits per heavy atom. The maximum Gasteiger partial charge on any atom is 0.407 e. The molecule has 2 N–H and O–H groups in total. The summed E-state index contributed by atoms with van der Waals surface area (Å²) in [4.78, 5) is 37.4. The Bertz CT molecular complexity index is 1190. The standard InChI is InChI=1S/C26H26N2O7/c1-28(14-16-11-12-22(35-16)25(30)31)24(29)23(33-2)13-27-26(32)34-15-21-19-9-5-3-7-17(19)18-8-4-6-10-20(18)21/h3-12,21,23H,13-15H2,1-2H3,(H,27,32)(H,30,31). The lowest BCUT2D eigenvalue weighted by molar-refractivity contribution is -0.141. The maximum absolute atomic E-state index is 12.7. The Kier molecular flexibility index (Phi) is 7.17. The van der Waals surface area contributed by atoms with E-state index in [1.54, 1.807) is 0 Å². The SMILES string of the molecule is COC(CNC(=O)OCC1c2ccccc2-c2ccccc21)C(=O)N(C)Cc1ccc(C(=O)O)o1. The number of amides is 2. The van der Waals surface area contributed by atoms with Crippen molar-refractivity contribution in [1.82, 2.24) is 10.2 Å². The summed E-state index contributed by atoms with van der Waals surface area (Å²) in [7, 11) is 2.90. The molecular weight excluding hydrogens is 452 g/mol. The van der Waals surface area contributed by atoms with E-state index in [9.17, 15) is 14.4 Å². The van der Waals surface area contributed by atoms with E-state index in [4.69, 9.17) is 19.0 Å². The summed E-state index contributed by atoms with van der Waals surface area (Å²) >= 11 is 0. The normalized spacial score (nSPS) is 13.0. The number of likely N-dealkylation sites (N-methyl/N-ethyl adjacent to an activating group) is 1. The molecule has 0 saturated heterocycles. The Morgan fingerprint density at radius 1 is 1.03 bits per heavy atom. The first kappa shape index (κ1) is 24.0. The van der Waals surface area contributed by atoms with Crippen molar-refractivity contribution in [1.29, 1.82) is 0 Å². The van der Waals surface area contributed by atoms with Gasteiger partial charge in [0.2, 0.25) is 5.76 Å². The summed E-state index contributed by atoms with van der Waals surface area (Å²) in [6.07, 6.45) is -1.60. The molecule has 4 rings (SSSR count). The second-order valence-corrected chi connectivity index (χ2v) is 8.20. The number of methoxy groups -OCH3 is 1. The zero-order valence-corrected chi connectivity index (χ0v) is 19.4. The number of fused-ring (bicyclic) bond motifs is 3. The van der Waals surface area contributed by atoms with Crippen LogP contribution in [0, 0.1) is 0 Å². The monoisotopic (exact) mass is 478 g/mol. The zero-order chi connectivity index (χ0) is 24.9. The van der Waals surface area contributed by atoms with E-state index in [0.717, 1.165) is 22.3 Å². The number of hydrogen-bond donors (Lipinski definition) is 2. The minimum atomic E-state index is -1.19. The molecule has 1 unspecified atom stereocenters. The number of carbonyl (C=O) groups excluding carboxylic acids is 2. The largest absolute Gasteiger partial charge is 0.475 e. The van der Waals surface area contributed by atoms with Gasteiger partial charge in [-0.1, -0.05) is 48.5 Å².